The fraction of sp³-hybridized carbons (Fsp3) is 0.368. The Hall–Kier alpha value is -3.56. The number of nitrogens with zero attached hydrogens (tertiary/aromatic N) is 2. The monoisotopic (exact) mass is 399 g/mol. The molecule has 0 unspecified atom stereocenters. The average Bonchev–Trinajstić information content (AvgIpc) is 3.37. The first-order valence-corrected chi connectivity index (χ1v) is 9.08. The van der Waals surface area contributed by atoms with Crippen molar-refractivity contribution in [1.82, 2.24) is 4.90 Å². The molecule has 1 aromatic carbocycles. The van der Waals surface area contributed by atoms with Crippen molar-refractivity contribution in [2.45, 2.75) is 6.42 Å². The van der Waals surface area contributed by atoms with E-state index in [-0.39, 0.29) is 35.0 Å². The molecule has 2 bridgehead atoms. The van der Waals surface area contributed by atoms with Crippen LogP contribution in [0.25, 0.3) is 0 Å². The highest BCUT2D eigenvalue weighted by Gasteiger charge is 2.59. The van der Waals surface area contributed by atoms with Crippen LogP contribution in [0.4, 0.5) is 11.4 Å². The summed E-state index contributed by atoms with van der Waals surface area (Å²) in [6.45, 7) is -1.17. The number of benzene rings is 1. The molecule has 0 spiro atoms. The van der Waals surface area contributed by atoms with E-state index in [0.29, 0.717) is 0 Å². The zero-order valence-corrected chi connectivity index (χ0v) is 15.1. The van der Waals surface area contributed by atoms with Crippen molar-refractivity contribution in [3.8, 4) is 0 Å². The summed E-state index contributed by atoms with van der Waals surface area (Å²) in [6.07, 6.45) is 4.71. The van der Waals surface area contributed by atoms with Gasteiger partial charge < -0.3 is 10.1 Å². The summed E-state index contributed by atoms with van der Waals surface area (Å²) < 4.78 is 4.86. The van der Waals surface area contributed by atoms with Crippen LogP contribution in [0.15, 0.2) is 36.4 Å². The minimum Gasteiger partial charge on any atom is -0.454 e. The Morgan fingerprint density at radius 1 is 1.17 bits per heavy atom. The summed E-state index contributed by atoms with van der Waals surface area (Å²) in [7, 11) is 0. The fourth-order valence-electron chi connectivity index (χ4n) is 4.33. The number of allylic oxidation sites excluding steroid dienone is 2. The maximum absolute atomic E-state index is 12.5. The molecule has 1 heterocycles. The third kappa shape index (κ3) is 3.37. The zero-order chi connectivity index (χ0) is 20.7. The third-order valence-electron chi connectivity index (χ3n) is 5.55. The van der Waals surface area contributed by atoms with Crippen LogP contribution in [-0.4, -0.2) is 46.7 Å². The molecule has 1 N–H and O–H groups in total. The molecule has 150 valence electrons. The van der Waals surface area contributed by atoms with Crippen molar-refractivity contribution in [1.29, 1.82) is 0 Å². The molecule has 1 aliphatic heterocycles. The predicted molar refractivity (Wildman–Crippen MR) is 97.1 cm³/mol. The summed E-state index contributed by atoms with van der Waals surface area (Å²) >= 11 is 0. The molecule has 4 atom stereocenters. The molecule has 1 saturated carbocycles. The number of rotatable bonds is 6. The predicted octanol–water partition coefficient (Wildman–Crippen LogP) is 0.884. The lowest BCUT2D eigenvalue weighted by Gasteiger charge is -2.16. The van der Waals surface area contributed by atoms with Gasteiger partial charge in [-0.1, -0.05) is 18.2 Å². The molecule has 1 saturated heterocycles. The topological polar surface area (TPSA) is 136 Å². The second-order valence-corrected chi connectivity index (χ2v) is 7.28. The Balaban J connectivity index is 1.29. The summed E-state index contributed by atoms with van der Waals surface area (Å²) in [4.78, 5) is 60.0. The maximum atomic E-state index is 12.5. The van der Waals surface area contributed by atoms with Gasteiger partial charge in [-0.05, 0) is 24.3 Å². The summed E-state index contributed by atoms with van der Waals surface area (Å²) in [5, 5.41) is 13.1. The number of carbonyl (C=O) groups is 4. The minimum atomic E-state index is -0.874. The van der Waals surface area contributed by atoms with Gasteiger partial charge in [-0.3, -0.25) is 34.2 Å². The molecule has 1 aromatic rings. The van der Waals surface area contributed by atoms with Crippen LogP contribution in [0.3, 0.4) is 0 Å². The maximum Gasteiger partial charge on any atom is 0.326 e. The Labute approximate surface area is 164 Å². The van der Waals surface area contributed by atoms with Gasteiger partial charge in [0.2, 0.25) is 11.8 Å². The first-order valence-electron chi connectivity index (χ1n) is 9.08. The number of nitro benzene ring substituents is 1. The van der Waals surface area contributed by atoms with Crippen LogP contribution in [-0.2, 0) is 23.9 Å². The number of carbonyl (C=O) groups excluding carboxylic acids is 4. The second kappa shape index (κ2) is 7.12. The van der Waals surface area contributed by atoms with E-state index in [0.717, 1.165) is 11.3 Å². The van der Waals surface area contributed by atoms with Gasteiger partial charge in [0.05, 0.1) is 16.8 Å². The van der Waals surface area contributed by atoms with Crippen molar-refractivity contribution < 1.29 is 28.8 Å². The lowest BCUT2D eigenvalue weighted by atomic mass is 9.85. The zero-order valence-electron chi connectivity index (χ0n) is 15.1. The van der Waals surface area contributed by atoms with E-state index in [4.69, 9.17) is 4.74 Å². The first-order chi connectivity index (χ1) is 13.8. The standard InChI is InChI=1S/C19H17N3O7/c23-14(20-12-2-1-3-13(7-12)22(27)28)9-29-15(24)8-21-18(25)16-10-4-5-11(6-10)17(16)19(21)26/h1-5,7,10-11,16-17H,6,8-9H2,(H,20,23)/t10-,11+,16-,17-/m0/s1. The number of amides is 3. The van der Waals surface area contributed by atoms with Crippen LogP contribution in [0.2, 0.25) is 0 Å². The van der Waals surface area contributed by atoms with Crippen LogP contribution in [0, 0.1) is 33.8 Å². The third-order valence-corrected chi connectivity index (χ3v) is 5.55. The highest BCUT2D eigenvalue weighted by molar-refractivity contribution is 6.08. The van der Waals surface area contributed by atoms with Gasteiger partial charge in [0, 0.05) is 17.8 Å². The van der Waals surface area contributed by atoms with E-state index in [9.17, 15) is 29.3 Å². The molecular weight excluding hydrogens is 382 g/mol. The van der Waals surface area contributed by atoms with Gasteiger partial charge in [0.15, 0.2) is 6.61 Å². The lowest BCUT2D eigenvalue weighted by Crippen LogP contribution is -2.38. The Bertz CT molecular complexity index is 927. The molecule has 29 heavy (non-hydrogen) atoms. The van der Waals surface area contributed by atoms with Gasteiger partial charge in [-0.15, -0.1) is 0 Å². The van der Waals surface area contributed by atoms with Gasteiger partial charge >= 0.3 is 5.97 Å². The molecule has 3 amide bonds. The average molecular weight is 399 g/mol. The van der Waals surface area contributed by atoms with Crippen LogP contribution in [0.1, 0.15) is 6.42 Å². The Morgan fingerprint density at radius 2 is 1.83 bits per heavy atom. The molecule has 2 fully saturated rings. The molecular formula is C19H17N3O7. The van der Waals surface area contributed by atoms with Crippen LogP contribution < -0.4 is 5.32 Å². The van der Waals surface area contributed by atoms with Gasteiger partial charge in [-0.25, -0.2) is 0 Å². The highest BCUT2D eigenvalue weighted by atomic mass is 16.6. The normalized spacial score (nSPS) is 26.6. The fourth-order valence-corrected chi connectivity index (χ4v) is 4.33. The highest BCUT2D eigenvalue weighted by Crippen LogP contribution is 2.52. The van der Waals surface area contributed by atoms with Crippen molar-refractivity contribution in [2.75, 3.05) is 18.5 Å². The number of non-ortho nitro benzene ring substituents is 1. The van der Waals surface area contributed by atoms with E-state index >= 15 is 0 Å². The number of nitro groups is 1. The number of likely N-dealkylation sites (tertiary alicyclic amines) is 1. The molecule has 0 aromatic heterocycles. The molecule has 0 radical (unpaired) electrons. The van der Waals surface area contributed by atoms with Crippen molar-refractivity contribution in [2.24, 2.45) is 23.7 Å². The van der Waals surface area contributed by atoms with Gasteiger partial charge in [0.25, 0.3) is 11.6 Å². The van der Waals surface area contributed by atoms with E-state index < -0.39 is 41.8 Å². The summed E-state index contributed by atoms with van der Waals surface area (Å²) in [6, 6.07) is 5.30. The van der Waals surface area contributed by atoms with Gasteiger partial charge in [0.1, 0.15) is 6.54 Å². The quantitative estimate of drug-likeness (QED) is 0.247. The minimum absolute atomic E-state index is 0.0446. The second-order valence-electron chi connectivity index (χ2n) is 7.28. The van der Waals surface area contributed by atoms with Crippen LogP contribution >= 0.6 is 0 Å². The number of ether oxygens (including phenoxy) is 1. The van der Waals surface area contributed by atoms with E-state index in [2.05, 4.69) is 5.32 Å². The molecule has 10 heteroatoms. The molecule has 10 nitrogen and oxygen atoms in total. The first kappa shape index (κ1) is 18.8. The largest absolute Gasteiger partial charge is 0.454 e. The number of fused-ring (bicyclic) bond motifs is 5. The van der Waals surface area contributed by atoms with Crippen molar-refractivity contribution >= 4 is 35.1 Å². The van der Waals surface area contributed by atoms with E-state index in [1.54, 1.807) is 0 Å². The van der Waals surface area contributed by atoms with E-state index in [1.165, 1.54) is 24.3 Å². The summed E-state index contributed by atoms with van der Waals surface area (Å²) in [5.74, 6) is -3.01. The Morgan fingerprint density at radius 3 is 2.45 bits per heavy atom. The van der Waals surface area contributed by atoms with Crippen molar-refractivity contribution in [3.63, 3.8) is 0 Å². The van der Waals surface area contributed by atoms with Crippen molar-refractivity contribution in [3.05, 3.63) is 46.5 Å². The number of hydrogen-bond acceptors (Lipinski definition) is 7. The Kier molecular flexibility index (Phi) is 4.61. The smallest absolute Gasteiger partial charge is 0.326 e. The van der Waals surface area contributed by atoms with Gasteiger partial charge in [-0.2, -0.15) is 0 Å². The number of hydrogen-bond donors (Lipinski definition) is 1. The lowest BCUT2D eigenvalue weighted by molar-refractivity contribution is -0.384. The number of imide groups is 1. The number of esters is 1. The SMILES string of the molecule is O=C(COC(=O)CN1C(=O)[C@@H]2[C@@H](C1=O)[C@H]1C=C[C@@H]2C1)Nc1cccc([N+](=O)[O-])c1. The number of nitrogens with one attached hydrogen (secondary N) is 1. The van der Waals surface area contributed by atoms with E-state index in [1.807, 2.05) is 12.2 Å². The number of anilines is 1. The molecule has 4 rings (SSSR count). The van der Waals surface area contributed by atoms with Crippen LogP contribution in [0.5, 0.6) is 0 Å². The molecule has 2 aliphatic carbocycles. The summed E-state index contributed by atoms with van der Waals surface area (Å²) in [5.41, 5.74) is -0.0131. The molecule has 3 aliphatic rings.